The van der Waals surface area contributed by atoms with Gasteiger partial charge in [-0.25, -0.2) is 0 Å². The number of aromatic nitrogens is 1. The number of aromatic amines is 1. The fourth-order valence-corrected chi connectivity index (χ4v) is 4.06. The van der Waals surface area contributed by atoms with Crippen molar-refractivity contribution in [2.24, 2.45) is 0 Å². The molecule has 1 N–H and O–H groups in total. The number of benzene rings is 2. The van der Waals surface area contributed by atoms with Crippen molar-refractivity contribution in [1.82, 2.24) is 9.88 Å². The Bertz CT molecular complexity index is 994. The van der Waals surface area contributed by atoms with E-state index in [0.717, 1.165) is 17.6 Å². The summed E-state index contributed by atoms with van der Waals surface area (Å²) >= 11 is 0. The average Bonchev–Trinajstić information content (AvgIpc) is 3.07. The number of nitrogens with one attached hydrogen (secondary N) is 1. The zero-order valence-corrected chi connectivity index (χ0v) is 14.6. The summed E-state index contributed by atoms with van der Waals surface area (Å²) in [6, 6.07) is 15.8. The number of para-hydroxylation sites is 3. The number of rotatable bonds is 1. The molecule has 132 valence electrons. The first kappa shape index (κ1) is 15.3. The second kappa shape index (κ2) is 5.80. The molecule has 5 rings (SSSR count). The lowest BCUT2D eigenvalue weighted by Crippen LogP contribution is -2.49. The van der Waals surface area contributed by atoms with Gasteiger partial charge in [-0.15, -0.1) is 0 Å². The lowest BCUT2D eigenvalue weighted by Gasteiger charge is -2.37. The van der Waals surface area contributed by atoms with E-state index >= 15 is 0 Å². The third-order valence-corrected chi connectivity index (χ3v) is 5.40. The fourth-order valence-electron chi connectivity index (χ4n) is 4.06. The van der Waals surface area contributed by atoms with Crippen LogP contribution in [-0.4, -0.2) is 35.0 Å². The third kappa shape index (κ3) is 2.27. The summed E-state index contributed by atoms with van der Waals surface area (Å²) in [6.07, 6.45) is 0.248. The highest BCUT2D eigenvalue weighted by Crippen LogP contribution is 2.36. The van der Waals surface area contributed by atoms with Gasteiger partial charge in [0.1, 0.15) is 6.61 Å². The van der Waals surface area contributed by atoms with Gasteiger partial charge in [-0.3, -0.25) is 4.79 Å². The first-order chi connectivity index (χ1) is 12.7. The standard InChI is InChI=1S/C21H20N2O3/c1-13-20-15(14-6-2-3-7-16(14)22-20)10-11-23(13)21(24)19-12-25-17-8-4-5-9-18(17)26-19/h2-9,13,19,22H,10-12H2,1H3. The predicted octanol–water partition coefficient (Wildman–Crippen LogP) is 3.45. The Hall–Kier alpha value is -2.95. The number of H-pyrrole nitrogens is 1. The maximum absolute atomic E-state index is 13.1. The molecule has 0 radical (unpaired) electrons. The highest BCUT2D eigenvalue weighted by molar-refractivity contribution is 5.87. The van der Waals surface area contributed by atoms with Crippen LogP contribution in [-0.2, 0) is 11.2 Å². The smallest absolute Gasteiger partial charge is 0.267 e. The minimum absolute atomic E-state index is 0.0144. The SMILES string of the molecule is CC1c2[nH]c3ccccc3c2CCN1C(=O)C1COc2ccccc2O1. The van der Waals surface area contributed by atoms with Gasteiger partial charge in [0.2, 0.25) is 6.10 Å². The molecule has 0 bridgehead atoms. The fraction of sp³-hybridized carbons (Fsp3) is 0.286. The zero-order chi connectivity index (χ0) is 17.7. The van der Waals surface area contributed by atoms with Crippen LogP contribution in [0, 0.1) is 0 Å². The third-order valence-electron chi connectivity index (χ3n) is 5.40. The van der Waals surface area contributed by atoms with Crippen LogP contribution in [0.5, 0.6) is 11.5 Å². The molecule has 0 fully saturated rings. The van der Waals surface area contributed by atoms with Gasteiger partial charge in [-0.1, -0.05) is 30.3 Å². The Morgan fingerprint density at radius 1 is 1.12 bits per heavy atom. The van der Waals surface area contributed by atoms with E-state index in [1.807, 2.05) is 35.2 Å². The summed E-state index contributed by atoms with van der Waals surface area (Å²) in [4.78, 5) is 18.5. The van der Waals surface area contributed by atoms with E-state index in [2.05, 4.69) is 30.1 Å². The molecule has 2 unspecified atom stereocenters. The molecule has 1 aromatic heterocycles. The lowest BCUT2D eigenvalue weighted by molar-refractivity contribution is -0.144. The van der Waals surface area contributed by atoms with Crippen LogP contribution in [0.4, 0.5) is 0 Å². The van der Waals surface area contributed by atoms with Crippen molar-refractivity contribution in [3.63, 3.8) is 0 Å². The van der Waals surface area contributed by atoms with Gasteiger partial charge >= 0.3 is 0 Å². The molecule has 2 aromatic carbocycles. The summed E-state index contributed by atoms with van der Waals surface area (Å²) < 4.78 is 11.6. The second-order valence-electron chi connectivity index (χ2n) is 6.88. The van der Waals surface area contributed by atoms with E-state index in [1.54, 1.807) is 0 Å². The molecular formula is C21H20N2O3. The number of fused-ring (bicyclic) bond motifs is 4. The number of nitrogens with zero attached hydrogens (tertiary/aromatic N) is 1. The molecule has 1 amide bonds. The van der Waals surface area contributed by atoms with Gasteiger partial charge in [-0.05, 0) is 37.1 Å². The van der Waals surface area contributed by atoms with Gasteiger partial charge in [0.05, 0.1) is 6.04 Å². The number of carbonyl (C=O) groups is 1. The topological polar surface area (TPSA) is 54.6 Å². The minimum atomic E-state index is -0.599. The summed E-state index contributed by atoms with van der Waals surface area (Å²) in [5, 5.41) is 1.26. The van der Waals surface area contributed by atoms with E-state index in [9.17, 15) is 4.79 Å². The molecule has 0 aliphatic carbocycles. The van der Waals surface area contributed by atoms with Gasteiger partial charge < -0.3 is 19.4 Å². The van der Waals surface area contributed by atoms with E-state index in [0.29, 0.717) is 18.0 Å². The minimum Gasteiger partial charge on any atom is -0.485 e. The number of amides is 1. The van der Waals surface area contributed by atoms with Crippen molar-refractivity contribution >= 4 is 16.8 Å². The van der Waals surface area contributed by atoms with Crippen molar-refractivity contribution in [3.05, 3.63) is 59.8 Å². The molecule has 5 heteroatoms. The predicted molar refractivity (Wildman–Crippen MR) is 98.5 cm³/mol. The van der Waals surface area contributed by atoms with Crippen LogP contribution >= 0.6 is 0 Å². The second-order valence-corrected chi connectivity index (χ2v) is 6.88. The lowest BCUT2D eigenvalue weighted by atomic mass is 9.97. The monoisotopic (exact) mass is 348 g/mol. The molecule has 26 heavy (non-hydrogen) atoms. The Balaban J connectivity index is 1.42. The Morgan fingerprint density at radius 2 is 1.88 bits per heavy atom. The van der Waals surface area contributed by atoms with Crippen LogP contribution in [0.25, 0.3) is 10.9 Å². The van der Waals surface area contributed by atoms with Gasteiger partial charge in [0.15, 0.2) is 11.5 Å². The van der Waals surface area contributed by atoms with Crippen LogP contribution in [0.2, 0.25) is 0 Å². The normalized spacial score (nSPS) is 21.5. The van der Waals surface area contributed by atoms with Crippen LogP contribution in [0.1, 0.15) is 24.2 Å². The van der Waals surface area contributed by atoms with E-state index < -0.39 is 6.10 Å². The highest BCUT2D eigenvalue weighted by atomic mass is 16.6. The quantitative estimate of drug-likeness (QED) is 0.733. The number of hydrogen-bond acceptors (Lipinski definition) is 3. The number of hydrogen-bond donors (Lipinski definition) is 1. The Morgan fingerprint density at radius 3 is 2.77 bits per heavy atom. The first-order valence-corrected chi connectivity index (χ1v) is 9.01. The molecule has 2 atom stereocenters. The van der Waals surface area contributed by atoms with Crippen LogP contribution < -0.4 is 9.47 Å². The number of ether oxygens (including phenoxy) is 2. The number of carbonyl (C=O) groups excluding carboxylic acids is 1. The molecule has 2 aliphatic rings. The van der Waals surface area contributed by atoms with Crippen molar-refractivity contribution in [2.75, 3.05) is 13.2 Å². The average molecular weight is 348 g/mol. The summed E-state index contributed by atoms with van der Waals surface area (Å²) in [6.45, 7) is 3.01. The van der Waals surface area contributed by atoms with Crippen molar-refractivity contribution in [1.29, 1.82) is 0 Å². The molecule has 2 aliphatic heterocycles. The first-order valence-electron chi connectivity index (χ1n) is 9.01. The van der Waals surface area contributed by atoms with Crippen molar-refractivity contribution < 1.29 is 14.3 Å². The van der Waals surface area contributed by atoms with Crippen molar-refractivity contribution in [2.45, 2.75) is 25.5 Å². The van der Waals surface area contributed by atoms with Gasteiger partial charge in [-0.2, -0.15) is 0 Å². The van der Waals surface area contributed by atoms with Gasteiger partial charge in [0.25, 0.3) is 5.91 Å². The summed E-state index contributed by atoms with van der Waals surface area (Å²) in [5.74, 6) is 1.31. The van der Waals surface area contributed by atoms with E-state index in [-0.39, 0.29) is 18.6 Å². The molecular weight excluding hydrogens is 328 g/mol. The molecule has 0 spiro atoms. The van der Waals surface area contributed by atoms with E-state index in [1.165, 1.54) is 10.9 Å². The molecule has 0 saturated carbocycles. The molecule has 3 heterocycles. The van der Waals surface area contributed by atoms with E-state index in [4.69, 9.17) is 9.47 Å². The zero-order valence-electron chi connectivity index (χ0n) is 14.6. The summed E-state index contributed by atoms with van der Waals surface area (Å²) in [7, 11) is 0. The molecule has 5 nitrogen and oxygen atoms in total. The molecule has 0 saturated heterocycles. The molecule has 3 aromatic rings. The van der Waals surface area contributed by atoms with Crippen LogP contribution in [0.15, 0.2) is 48.5 Å². The van der Waals surface area contributed by atoms with Crippen molar-refractivity contribution in [3.8, 4) is 11.5 Å². The Labute approximate surface area is 151 Å². The highest BCUT2D eigenvalue weighted by Gasteiger charge is 2.36. The Kier molecular flexibility index (Phi) is 3.42. The van der Waals surface area contributed by atoms with Crippen LogP contribution in [0.3, 0.4) is 0 Å². The maximum atomic E-state index is 13.1. The van der Waals surface area contributed by atoms with Gasteiger partial charge in [0, 0.05) is 23.1 Å². The summed E-state index contributed by atoms with van der Waals surface area (Å²) in [5.41, 5.74) is 3.58. The largest absolute Gasteiger partial charge is 0.485 e. The maximum Gasteiger partial charge on any atom is 0.267 e.